The van der Waals surface area contributed by atoms with Crippen molar-refractivity contribution in [2.75, 3.05) is 38.7 Å². The van der Waals surface area contributed by atoms with Crippen molar-refractivity contribution < 1.29 is 9.84 Å². The van der Waals surface area contributed by atoms with Crippen LogP contribution in [0, 0.1) is 0 Å². The molecule has 1 saturated heterocycles. The number of aromatic nitrogens is 2. The molecule has 0 radical (unpaired) electrons. The summed E-state index contributed by atoms with van der Waals surface area (Å²) < 4.78 is 5.14. The Morgan fingerprint density at radius 1 is 1.42 bits per heavy atom. The lowest BCUT2D eigenvalue weighted by atomic mass is 10.0. The molecule has 1 aromatic heterocycles. The Bertz CT molecular complexity index is 389. The number of nitrogens with zero attached hydrogens (tertiary/aromatic N) is 3. The van der Waals surface area contributed by atoms with Gasteiger partial charge in [-0.05, 0) is 19.4 Å². The van der Waals surface area contributed by atoms with Crippen LogP contribution in [-0.4, -0.2) is 59.4 Å². The summed E-state index contributed by atoms with van der Waals surface area (Å²) in [4.78, 5) is 10.6. The van der Waals surface area contributed by atoms with E-state index < -0.39 is 0 Å². The first-order valence-electron chi connectivity index (χ1n) is 6.79. The predicted octanol–water partition coefficient (Wildman–Crippen LogP) is 0.744. The normalized spacial score (nSPS) is 20.2. The summed E-state index contributed by atoms with van der Waals surface area (Å²) in [5.74, 6) is 1.18. The van der Waals surface area contributed by atoms with Crippen LogP contribution in [-0.2, 0) is 0 Å². The first-order chi connectivity index (χ1) is 9.35. The average Bonchev–Trinajstić information content (AvgIpc) is 2.48. The summed E-state index contributed by atoms with van der Waals surface area (Å²) in [5, 5.41) is 12.6. The number of nitrogens with one attached hydrogen (secondary N) is 1. The molecule has 0 spiro atoms. The zero-order valence-electron chi connectivity index (χ0n) is 11.4. The SMILES string of the molecule is COc1nccnc1NCCN1CCCCC1CO. The Balaban J connectivity index is 1.82. The molecule has 0 aromatic carbocycles. The van der Waals surface area contributed by atoms with Gasteiger partial charge in [0.25, 0.3) is 5.88 Å². The van der Waals surface area contributed by atoms with Crippen molar-refractivity contribution in [2.24, 2.45) is 0 Å². The molecule has 1 unspecified atom stereocenters. The van der Waals surface area contributed by atoms with E-state index in [4.69, 9.17) is 4.74 Å². The number of ether oxygens (including phenoxy) is 1. The molecule has 1 aliphatic heterocycles. The minimum absolute atomic E-state index is 0.245. The molecule has 2 rings (SSSR count). The van der Waals surface area contributed by atoms with E-state index in [-0.39, 0.29) is 6.61 Å². The largest absolute Gasteiger partial charge is 0.478 e. The molecule has 6 nitrogen and oxygen atoms in total. The maximum atomic E-state index is 9.36. The average molecular weight is 266 g/mol. The van der Waals surface area contributed by atoms with E-state index >= 15 is 0 Å². The van der Waals surface area contributed by atoms with Crippen LogP contribution < -0.4 is 10.1 Å². The van der Waals surface area contributed by atoms with Crippen LogP contribution in [0.3, 0.4) is 0 Å². The monoisotopic (exact) mass is 266 g/mol. The lowest BCUT2D eigenvalue weighted by Crippen LogP contribution is -2.44. The maximum Gasteiger partial charge on any atom is 0.257 e. The Hall–Kier alpha value is -1.40. The topological polar surface area (TPSA) is 70.5 Å². The zero-order chi connectivity index (χ0) is 13.5. The highest BCUT2D eigenvalue weighted by atomic mass is 16.5. The molecule has 1 atom stereocenters. The van der Waals surface area contributed by atoms with Crippen molar-refractivity contribution in [1.82, 2.24) is 14.9 Å². The van der Waals surface area contributed by atoms with Crippen molar-refractivity contribution in [3.8, 4) is 5.88 Å². The Morgan fingerprint density at radius 2 is 2.26 bits per heavy atom. The fraction of sp³-hybridized carbons (Fsp3) is 0.692. The number of aliphatic hydroxyl groups is 1. The maximum absolute atomic E-state index is 9.36. The highest BCUT2D eigenvalue weighted by molar-refractivity contribution is 5.44. The minimum atomic E-state index is 0.245. The molecular weight excluding hydrogens is 244 g/mol. The van der Waals surface area contributed by atoms with Gasteiger partial charge in [-0.3, -0.25) is 4.90 Å². The standard InChI is InChI=1S/C13H22N4O2/c1-19-13-12(14-5-6-16-13)15-7-9-17-8-3-2-4-11(17)10-18/h5-6,11,18H,2-4,7-10H2,1H3,(H,14,15). The van der Waals surface area contributed by atoms with Gasteiger partial charge in [0, 0.05) is 31.5 Å². The molecule has 0 aliphatic carbocycles. The molecule has 1 aliphatic rings. The van der Waals surface area contributed by atoms with Gasteiger partial charge in [0.2, 0.25) is 0 Å². The summed E-state index contributed by atoms with van der Waals surface area (Å²) in [6.07, 6.45) is 6.77. The summed E-state index contributed by atoms with van der Waals surface area (Å²) >= 11 is 0. The van der Waals surface area contributed by atoms with E-state index in [0.29, 0.717) is 17.7 Å². The van der Waals surface area contributed by atoms with E-state index in [9.17, 15) is 5.11 Å². The Kier molecular flexibility index (Phi) is 5.35. The molecule has 2 heterocycles. The Labute approximate surface area is 113 Å². The van der Waals surface area contributed by atoms with Gasteiger partial charge in [0.1, 0.15) is 0 Å². The molecule has 1 fully saturated rings. The third kappa shape index (κ3) is 3.78. The minimum Gasteiger partial charge on any atom is -0.478 e. The van der Waals surface area contributed by atoms with Crippen LogP contribution in [0.1, 0.15) is 19.3 Å². The summed E-state index contributed by atoms with van der Waals surface area (Å²) in [6, 6.07) is 0.305. The zero-order valence-corrected chi connectivity index (χ0v) is 11.4. The molecule has 0 amide bonds. The number of aliphatic hydroxyl groups excluding tert-OH is 1. The van der Waals surface area contributed by atoms with Crippen LogP contribution >= 0.6 is 0 Å². The van der Waals surface area contributed by atoms with Crippen LogP contribution in [0.2, 0.25) is 0 Å². The van der Waals surface area contributed by atoms with Crippen molar-refractivity contribution in [3.05, 3.63) is 12.4 Å². The third-order valence-electron chi connectivity index (χ3n) is 3.51. The molecule has 1 aromatic rings. The predicted molar refractivity (Wildman–Crippen MR) is 73.4 cm³/mol. The first-order valence-corrected chi connectivity index (χ1v) is 6.79. The molecule has 0 saturated carbocycles. The number of rotatable bonds is 6. The van der Waals surface area contributed by atoms with Crippen molar-refractivity contribution in [1.29, 1.82) is 0 Å². The second-order valence-electron chi connectivity index (χ2n) is 4.71. The number of anilines is 1. The lowest BCUT2D eigenvalue weighted by molar-refractivity contribution is 0.0940. The number of hydrogen-bond donors (Lipinski definition) is 2. The lowest BCUT2D eigenvalue weighted by Gasteiger charge is -2.34. The van der Waals surface area contributed by atoms with E-state index in [1.165, 1.54) is 12.8 Å². The van der Waals surface area contributed by atoms with Gasteiger partial charge in [-0.15, -0.1) is 0 Å². The second-order valence-corrected chi connectivity index (χ2v) is 4.71. The van der Waals surface area contributed by atoms with E-state index in [2.05, 4.69) is 20.2 Å². The van der Waals surface area contributed by atoms with Crippen molar-refractivity contribution in [2.45, 2.75) is 25.3 Å². The molecule has 2 N–H and O–H groups in total. The molecule has 106 valence electrons. The summed E-state index contributed by atoms with van der Waals surface area (Å²) in [7, 11) is 1.58. The van der Waals surface area contributed by atoms with E-state index in [1.807, 2.05) is 0 Å². The summed E-state index contributed by atoms with van der Waals surface area (Å²) in [6.45, 7) is 2.97. The van der Waals surface area contributed by atoms with Gasteiger partial charge in [-0.25, -0.2) is 9.97 Å². The molecule has 19 heavy (non-hydrogen) atoms. The first kappa shape index (κ1) is 14.0. The van der Waals surface area contributed by atoms with Gasteiger partial charge < -0.3 is 15.2 Å². The van der Waals surface area contributed by atoms with Crippen LogP contribution in [0.5, 0.6) is 5.88 Å². The second kappa shape index (κ2) is 7.25. The fourth-order valence-corrected chi connectivity index (χ4v) is 2.47. The molecule has 0 bridgehead atoms. The van der Waals surface area contributed by atoms with Crippen molar-refractivity contribution >= 4 is 5.82 Å². The summed E-state index contributed by atoms with van der Waals surface area (Å²) in [5.41, 5.74) is 0. The van der Waals surface area contributed by atoms with Gasteiger partial charge in [-0.1, -0.05) is 6.42 Å². The molecular formula is C13H22N4O2. The molecule has 6 heteroatoms. The van der Waals surface area contributed by atoms with Gasteiger partial charge >= 0.3 is 0 Å². The van der Waals surface area contributed by atoms with Crippen LogP contribution in [0.15, 0.2) is 12.4 Å². The van der Waals surface area contributed by atoms with Crippen LogP contribution in [0.4, 0.5) is 5.82 Å². The quantitative estimate of drug-likeness (QED) is 0.791. The Morgan fingerprint density at radius 3 is 3.05 bits per heavy atom. The van der Waals surface area contributed by atoms with Gasteiger partial charge in [0.05, 0.1) is 13.7 Å². The number of piperidine rings is 1. The highest BCUT2D eigenvalue weighted by Crippen LogP contribution is 2.18. The smallest absolute Gasteiger partial charge is 0.257 e. The van der Waals surface area contributed by atoms with E-state index in [0.717, 1.165) is 26.1 Å². The fourth-order valence-electron chi connectivity index (χ4n) is 2.47. The van der Waals surface area contributed by atoms with Gasteiger partial charge in [0.15, 0.2) is 5.82 Å². The van der Waals surface area contributed by atoms with Crippen molar-refractivity contribution in [3.63, 3.8) is 0 Å². The number of methoxy groups -OCH3 is 1. The highest BCUT2D eigenvalue weighted by Gasteiger charge is 2.20. The number of hydrogen-bond acceptors (Lipinski definition) is 6. The number of likely N-dealkylation sites (tertiary alicyclic amines) is 1. The van der Waals surface area contributed by atoms with E-state index in [1.54, 1.807) is 19.5 Å². The van der Waals surface area contributed by atoms with Crippen LogP contribution in [0.25, 0.3) is 0 Å². The van der Waals surface area contributed by atoms with Gasteiger partial charge in [-0.2, -0.15) is 0 Å². The third-order valence-corrected chi connectivity index (χ3v) is 3.51.